The van der Waals surface area contributed by atoms with Gasteiger partial charge in [0.25, 0.3) is 0 Å². The molecule has 0 bridgehead atoms. The van der Waals surface area contributed by atoms with Gasteiger partial charge in [-0.05, 0) is 51.4 Å². The van der Waals surface area contributed by atoms with Crippen LogP contribution in [0, 0.1) is 23.7 Å². The largest absolute Gasteiger partial charge is 0.462 e. The molecule has 2 aliphatic carbocycles. The molecule has 22 heavy (non-hydrogen) atoms. The van der Waals surface area contributed by atoms with Gasteiger partial charge in [0.15, 0.2) is 0 Å². The van der Waals surface area contributed by atoms with Gasteiger partial charge in [0, 0.05) is 5.92 Å². The highest BCUT2D eigenvalue weighted by Gasteiger charge is 2.57. The Bertz CT molecular complexity index is 452. The number of hydrogen-bond acceptors (Lipinski definition) is 4. The van der Waals surface area contributed by atoms with E-state index in [4.69, 9.17) is 9.47 Å². The van der Waals surface area contributed by atoms with Gasteiger partial charge >= 0.3 is 11.9 Å². The van der Waals surface area contributed by atoms with E-state index in [0.29, 0.717) is 0 Å². The van der Waals surface area contributed by atoms with Crippen LogP contribution in [0.2, 0.25) is 0 Å². The van der Waals surface area contributed by atoms with E-state index in [1.54, 1.807) is 0 Å². The lowest BCUT2D eigenvalue weighted by atomic mass is 9.82. The Morgan fingerprint density at radius 3 is 2.59 bits per heavy atom. The maximum atomic E-state index is 12.9. The number of esters is 2. The monoisotopic (exact) mass is 308 g/mol. The Kier molecular flexibility index (Phi) is 4.21. The summed E-state index contributed by atoms with van der Waals surface area (Å²) in [6, 6.07) is 0. The van der Waals surface area contributed by atoms with Crippen LogP contribution >= 0.6 is 0 Å². The summed E-state index contributed by atoms with van der Waals surface area (Å²) >= 11 is 0. The number of carbonyl (C=O) groups excluding carboxylic acids is 2. The molecule has 124 valence electrons. The van der Waals surface area contributed by atoms with E-state index in [1.165, 1.54) is 6.42 Å². The smallest absolute Gasteiger partial charge is 0.310 e. The van der Waals surface area contributed by atoms with E-state index >= 15 is 0 Å². The predicted molar refractivity (Wildman–Crippen MR) is 82.0 cm³/mol. The lowest BCUT2D eigenvalue weighted by Gasteiger charge is -2.37. The van der Waals surface area contributed by atoms with Crippen molar-refractivity contribution in [3.8, 4) is 0 Å². The average molecular weight is 308 g/mol. The maximum Gasteiger partial charge on any atom is 0.310 e. The van der Waals surface area contributed by atoms with E-state index in [1.807, 2.05) is 6.92 Å². The number of rotatable bonds is 3. The summed E-state index contributed by atoms with van der Waals surface area (Å²) in [6.07, 6.45) is 7.11. The molecule has 0 radical (unpaired) electrons. The first-order valence-electron chi connectivity index (χ1n) is 8.91. The van der Waals surface area contributed by atoms with Gasteiger partial charge in [0.2, 0.25) is 0 Å². The van der Waals surface area contributed by atoms with Crippen LogP contribution in [0.15, 0.2) is 0 Å². The highest BCUT2D eigenvalue weighted by atomic mass is 16.6. The molecule has 0 spiro atoms. The third-order valence-electron chi connectivity index (χ3n) is 6.28. The molecule has 1 heterocycles. The van der Waals surface area contributed by atoms with Crippen LogP contribution in [0.3, 0.4) is 0 Å². The van der Waals surface area contributed by atoms with Crippen molar-refractivity contribution in [2.45, 2.75) is 77.4 Å². The average Bonchev–Trinajstić information content (AvgIpc) is 2.97. The maximum absolute atomic E-state index is 12.9. The fourth-order valence-electron chi connectivity index (χ4n) is 4.88. The molecule has 5 atom stereocenters. The van der Waals surface area contributed by atoms with Gasteiger partial charge in [-0.2, -0.15) is 0 Å². The minimum Gasteiger partial charge on any atom is -0.462 e. The van der Waals surface area contributed by atoms with Crippen molar-refractivity contribution in [3.05, 3.63) is 0 Å². The van der Waals surface area contributed by atoms with Crippen molar-refractivity contribution in [3.63, 3.8) is 0 Å². The van der Waals surface area contributed by atoms with E-state index in [9.17, 15) is 9.59 Å². The van der Waals surface area contributed by atoms with Crippen LogP contribution in [0.4, 0.5) is 0 Å². The predicted octanol–water partition coefficient (Wildman–Crippen LogP) is 3.48. The zero-order valence-corrected chi connectivity index (χ0v) is 14.0. The third-order valence-corrected chi connectivity index (χ3v) is 6.28. The number of cyclic esters (lactones) is 1. The Labute approximate surface area is 132 Å². The van der Waals surface area contributed by atoms with E-state index in [-0.39, 0.29) is 47.3 Å². The number of ether oxygens (including phenoxy) is 2. The van der Waals surface area contributed by atoms with Crippen LogP contribution in [0.1, 0.15) is 65.7 Å². The molecule has 2 saturated carbocycles. The first-order chi connectivity index (χ1) is 10.5. The van der Waals surface area contributed by atoms with Crippen LogP contribution in [0.25, 0.3) is 0 Å². The first-order valence-corrected chi connectivity index (χ1v) is 8.91. The Morgan fingerprint density at radius 2 is 1.95 bits per heavy atom. The normalized spacial score (nSPS) is 40.1. The molecule has 0 aromatic carbocycles. The Balaban J connectivity index is 1.75. The zero-order chi connectivity index (χ0) is 15.9. The highest BCUT2D eigenvalue weighted by Crippen LogP contribution is 2.49. The summed E-state index contributed by atoms with van der Waals surface area (Å²) in [6.45, 7) is 6.12. The molecular formula is C18H28O4. The molecule has 3 fully saturated rings. The number of fused-ring (bicyclic) bond motifs is 1. The van der Waals surface area contributed by atoms with E-state index in [0.717, 1.165) is 38.5 Å². The first kappa shape index (κ1) is 15.8. The molecule has 0 aromatic heterocycles. The molecule has 5 unspecified atom stereocenters. The lowest BCUT2D eigenvalue weighted by molar-refractivity contribution is -0.174. The van der Waals surface area contributed by atoms with Crippen LogP contribution in [0.5, 0.6) is 0 Å². The summed E-state index contributed by atoms with van der Waals surface area (Å²) in [4.78, 5) is 25.0. The summed E-state index contributed by atoms with van der Waals surface area (Å²) in [5, 5.41) is 0. The van der Waals surface area contributed by atoms with Crippen molar-refractivity contribution in [2.75, 3.05) is 0 Å². The second kappa shape index (κ2) is 5.86. The standard InChI is InChI=1S/C18H28O4/c1-4-18(8-6-5-7-9-18)22-17(20)14-11(2)10-13-12(3)21-16(19)15(13)14/h11-15H,4-10H2,1-3H3. The molecule has 3 aliphatic rings. The minimum atomic E-state index is -0.312. The molecule has 0 amide bonds. The Hall–Kier alpha value is -1.06. The van der Waals surface area contributed by atoms with Crippen molar-refractivity contribution < 1.29 is 19.1 Å². The summed E-state index contributed by atoms with van der Waals surface area (Å²) in [5.41, 5.74) is -0.290. The molecule has 1 saturated heterocycles. The van der Waals surface area contributed by atoms with Gasteiger partial charge < -0.3 is 9.47 Å². The van der Waals surface area contributed by atoms with Gasteiger partial charge in [0.05, 0.1) is 11.8 Å². The van der Waals surface area contributed by atoms with Gasteiger partial charge in [-0.15, -0.1) is 0 Å². The van der Waals surface area contributed by atoms with Crippen LogP contribution in [-0.2, 0) is 19.1 Å². The number of carbonyl (C=O) groups is 2. The van der Waals surface area contributed by atoms with Crippen molar-refractivity contribution in [1.82, 2.24) is 0 Å². The second-order valence-electron chi connectivity index (χ2n) is 7.59. The fraction of sp³-hybridized carbons (Fsp3) is 0.889. The highest BCUT2D eigenvalue weighted by molar-refractivity contribution is 5.85. The number of hydrogen-bond donors (Lipinski definition) is 0. The quantitative estimate of drug-likeness (QED) is 0.749. The van der Waals surface area contributed by atoms with Crippen molar-refractivity contribution in [2.24, 2.45) is 23.7 Å². The SMILES string of the molecule is CCC1(OC(=O)C2C(C)CC3C(C)OC(=O)C32)CCCCC1. The molecule has 1 aliphatic heterocycles. The second-order valence-corrected chi connectivity index (χ2v) is 7.59. The van der Waals surface area contributed by atoms with Gasteiger partial charge in [-0.3, -0.25) is 9.59 Å². The molecular weight excluding hydrogens is 280 g/mol. The van der Waals surface area contributed by atoms with Crippen LogP contribution in [-0.4, -0.2) is 23.6 Å². The zero-order valence-electron chi connectivity index (χ0n) is 14.0. The molecule has 4 nitrogen and oxygen atoms in total. The van der Waals surface area contributed by atoms with Gasteiger partial charge in [-0.25, -0.2) is 0 Å². The summed E-state index contributed by atoms with van der Waals surface area (Å²) in [5.74, 6) is -0.560. The Morgan fingerprint density at radius 1 is 1.27 bits per heavy atom. The lowest BCUT2D eigenvalue weighted by Crippen LogP contribution is -2.41. The topological polar surface area (TPSA) is 52.6 Å². The van der Waals surface area contributed by atoms with Crippen molar-refractivity contribution >= 4 is 11.9 Å². The molecule has 4 heteroatoms. The fourth-order valence-corrected chi connectivity index (χ4v) is 4.88. The molecule has 0 aromatic rings. The van der Waals surface area contributed by atoms with E-state index < -0.39 is 0 Å². The van der Waals surface area contributed by atoms with Crippen molar-refractivity contribution in [1.29, 1.82) is 0 Å². The van der Waals surface area contributed by atoms with Gasteiger partial charge in [0.1, 0.15) is 11.7 Å². The molecule has 0 N–H and O–H groups in total. The van der Waals surface area contributed by atoms with E-state index in [2.05, 4.69) is 13.8 Å². The summed E-state index contributed by atoms with van der Waals surface area (Å²) < 4.78 is 11.4. The van der Waals surface area contributed by atoms with Gasteiger partial charge in [-0.1, -0.05) is 20.3 Å². The summed E-state index contributed by atoms with van der Waals surface area (Å²) in [7, 11) is 0. The molecule has 3 rings (SSSR count). The minimum absolute atomic E-state index is 0.0624. The van der Waals surface area contributed by atoms with Crippen LogP contribution < -0.4 is 0 Å². The third kappa shape index (κ3) is 2.55.